The number of carbonyl (C=O) groups is 2. The molecular weight excluding hydrogens is 362 g/mol. The van der Waals surface area contributed by atoms with E-state index >= 15 is 0 Å². The summed E-state index contributed by atoms with van der Waals surface area (Å²) in [4.78, 5) is 23.5. The van der Waals surface area contributed by atoms with E-state index in [-0.39, 0.29) is 17.9 Å². The van der Waals surface area contributed by atoms with Gasteiger partial charge in [0.05, 0.1) is 23.5 Å². The van der Waals surface area contributed by atoms with Crippen molar-refractivity contribution in [3.8, 4) is 5.75 Å². The minimum atomic E-state index is -0.797. The Labute approximate surface area is 144 Å². The van der Waals surface area contributed by atoms with E-state index in [0.717, 1.165) is 28.6 Å². The zero-order valence-electron chi connectivity index (χ0n) is 13.3. The lowest BCUT2D eigenvalue weighted by Gasteiger charge is -2.27. The van der Waals surface area contributed by atoms with Crippen LogP contribution < -0.4 is 10.1 Å². The highest BCUT2D eigenvalue weighted by Gasteiger charge is 2.31. The highest BCUT2D eigenvalue weighted by Crippen LogP contribution is 2.31. The minimum Gasteiger partial charge on any atom is -0.496 e. The van der Waals surface area contributed by atoms with Crippen LogP contribution in [0.3, 0.4) is 0 Å². The summed E-state index contributed by atoms with van der Waals surface area (Å²) in [6, 6.07) is 5.54. The maximum absolute atomic E-state index is 12.4. The zero-order valence-corrected chi connectivity index (χ0v) is 14.9. The van der Waals surface area contributed by atoms with Crippen molar-refractivity contribution in [1.29, 1.82) is 0 Å². The number of carbonyl (C=O) groups excluding carboxylic acids is 1. The summed E-state index contributed by atoms with van der Waals surface area (Å²) in [5.41, 5.74) is 0.969. The lowest BCUT2D eigenvalue weighted by molar-refractivity contribution is -0.144. The largest absolute Gasteiger partial charge is 0.496 e. The van der Waals surface area contributed by atoms with Crippen LogP contribution in [-0.2, 0) is 9.59 Å². The molecule has 2 N–H and O–H groups in total. The molecule has 1 aromatic rings. The summed E-state index contributed by atoms with van der Waals surface area (Å²) in [5, 5.41) is 12.1. The van der Waals surface area contributed by atoms with Gasteiger partial charge in [-0.05, 0) is 59.8 Å². The molecule has 3 atom stereocenters. The quantitative estimate of drug-likeness (QED) is 0.815. The number of methoxy groups -OCH3 is 1. The molecule has 126 valence electrons. The van der Waals surface area contributed by atoms with Crippen molar-refractivity contribution >= 4 is 27.8 Å². The summed E-state index contributed by atoms with van der Waals surface area (Å²) < 4.78 is 6.04. The van der Waals surface area contributed by atoms with E-state index in [1.54, 1.807) is 7.11 Å². The fourth-order valence-electron chi connectivity index (χ4n) is 3.02. The Balaban J connectivity index is 1.99. The lowest BCUT2D eigenvalue weighted by Crippen LogP contribution is -2.36. The molecule has 3 unspecified atom stereocenters. The standard InChI is InChI=1S/C17H22BrNO4/c1-10(11-6-7-15(23-2)14(18)9-11)19-16(20)12-4-3-5-13(8-12)17(21)22/h6-7,9-10,12-13H,3-5,8H2,1-2H3,(H,19,20)(H,21,22). The molecule has 0 bridgehead atoms. The van der Waals surface area contributed by atoms with Crippen molar-refractivity contribution in [3.63, 3.8) is 0 Å². The van der Waals surface area contributed by atoms with Gasteiger partial charge in [0.15, 0.2) is 0 Å². The number of hydrogen-bond acceptors (Lipinski definition) is 3. The number of nitrogens with one attached hydrogen (secondary N) is 1. The molecule has 1 fully saturated rings. The molecule has 1 aromatic carbocycles. The first kappa shape index (κ1) is 17.8. The molecule has 2 rings (SSSR count). The fourth-order valence-corrected chi connectivity index (χ4v) is 3.58. The van der Waals surface area contributed by atoms with Crippen LogP contribution >= 0.6 is 15.9 Å². The Morgan fingerprint density at radius 1 is 1.35 bits per heavy atom. The van der Waals surface area contributed by atoms with Crippen LogP contribution in [-0.4, -0.2) is 24.1 Å². The number of rotatable bonds is 5. The first-order valence-electron chi connectivity index (χ1n) is 7.79. The van der Waals surface area contributed by atoms with Crippen LogP contribution in [0.1, 0.15) is 44.2 Å². The Bertz CT molecular complexity index is 590. The van der Waals surface area contributed by atoms with Crippen molar-refractivity contribution in [2.75, 3.05) is 7.11 Å². The average molecular weight is 384 g/mol. The van der Waals surface area contributed by atoms with E-state index in [1.807, 2.05) is 25.1 Å². The molecule has 0 aliphatic heterocycles. The van der Waals surface area contributed by atoms with Crippen LogP contribution in [0, 0.1) is 11.8 Å². The molecule has 6 heteroatoms. The van der Waals surface area contributed by atoms with Crippen LogP contribution in [0.5, 0.6) is 5.75 Å². The van der Waals surface area contributed by atoms with Gasteiger partial charge in [0.2, 0.25) is 5.91 Å². The third-order valence-electron chi connectivity index (χ3n) is 4.43. The van der Waals surface area contributed by atoms with Crippen molar-refractivity contribution in [2.24, 2.45) is 11.8 Å². The van der Waals surface area contributed by atoms with Crippen molar-refractivity contribution in [2.45, 2.75) is 38.6 Å². The third kappa shape index (κ3) is 4.47. The Kier molecular flexibility index (Phi) is 6.04. The van der Waals surface area contributed by atoms with Gasteiger partial charge in [0.1, 0.15) is 5.75 Å². The smallest absolute Gasteiger partial charge is 0.306 e. The number of benzene rings is 1. The van der Waals surface area contributed by atoms with Crippen LogP contribution in [0.4, 0.5) is 0 Å². The first-order chi connectivity index (χ1) is 10.9. The summed E-state index contributed by atoms with van der Waals surface area (Å²) in [6.45, 7) is 1.92. The predicted molar refractivity (Wildman–Crippen MR) is 90.3 cm³/mol. The highest BCUT2D eigenvalue weighted by atomic mass is 79.9. The van der Waals surface area contributed by atoms with Crippen LogP contribution in [0.15, 0.2) is 22.7 Å². The van der Waals surface area contributed by atoms with E-state index in [1.165, 1.54) is 0 Å². The molecule has 5 nitrogen and oxygen atoms in total. The van der Waals surface area contributed by atoms with Gasteiger partial charge < -0.3 is 15.2 Å². The summed E-state index contributed by atoms with van der Waals surface area (Å²) in [6.07, 6.45) is 2.65. The molecule has 1 aliphatic carbocycles. The van der Waals surface area contributed by atoms with Gasteiger partial charge >= 0.3 is 5.97 Å². The van der Waals surface area contributed by atoms with Gasteiger partial charge in [0.25, 0.3) is 0 Å². The Hall–Kier alpha value is -1.56. The topological polar surface area (TPSA) is 75.6 Å². The molecule has 1 aliphatic rings. The number of amides is 1. The maximum atomic E-state index is 12.4. The van der Waals surface area contributed by atoms with Crippen molar-refractivity contribution in [3.05, 3.63) is 28.2 Å². The van der Waals surface area contributed by atoms with Gasteiger partial charge in [-0.2, -0.15) is 0 Å². The van der Waals surface area contributed by atoms with Gasteiger partial charge in [-0.3, -0.25) is 9.59 Å². The molecule has 0 aromatic heterocycles. The summed E-state index contributed by atoms with van der Waals surface area (Å²) in [7, 11) is 1.60. The van der Waals surface area contributed by atoms with Gasteiger partial charge in [0, 0.05) is 5.92 Å². The first-order valence-corrected chi connectivity index (χ1v) is 8.58. The molecular formula is C17H22BrNO4. The number of hydrogen-bond donors (Lipinski definition) is 2. The van der Waals surface area contributed by atoms with E-state index in [0.29, 0.717) is 12.8 Å². The summed E-state index contributed by atoms with van der Waals surface area (Å²) >= 11 is 3.44. The molecule has 0 heterocycles. The SMILES string of the molecule is COc1ccc(C(C)NC(=O)C2CCCC(C(=O)O)C2)cc1Br. The normalized spacial score (nSPS) is 22.2. The number of carboxylic acids is 1. The molecule has 0 spiro atoms. The van der Waals surface area contributed by atoms with E-state index < -0.39 is 11.9 Å². The third-order valence-corrected chi connectivity index (χ3v) is 5.05. The summed E-state index contributed by atoms with van der Waals surface area (Å²) in [5.74, 6) is -0.729. The second-order valence-electron chi connectivity index (χ2n) is 6.02. The number of halogens is 1. The Morgan fingerprint density at radius 3 is 2.65 bits per heavy atom. The average Bonchev–Trinajstić information content (AvgIpc) is 2.54. The van der Waals surface area contributed by atoms with Crippen LogP contribution in [0.25, 0.3) is 0 Å². The molecule has 1 saturated carbocycles. The predicted octanol–water partition coefficient (Wildman–Crippen LogP) is 3.53. The fraction of sp³-hybridized carbons (Fsp3) is 0.529. The Morgan fingerprint density at radius 2 is 2.04 bits per heavy atom. The van der Waals surface area contributed by atoms with E-state index in [2.05, 4.69) is 21.2 Å². The number of aliphatic carboxylic acids is 1. The molecule has 0 radical (unpaired) electrons. The lowest BCUT2D eigenvalue weighted by atomic mass is 9.81. The van der Waals surface area contributed by atoms with Gasteiger partial charge in [-0.1, -0.05) is 12.5 Å². The second-order valence-corrected chi connectivity index (χ2v) is 6.88. The molecule has 1 amide bonds. The van der Waals surface area contributed by atoms with Gasteiger partial charge in [-0.25, -0.2) is 0 Å². The van der Waals surface area contributed by atoms with Crippen molar-refractivity contribution in [1.82, 2.24) is 5.32 Å². The highest BCUT2D eigenvalue weighted by molar-refractivity contribution is 9.10. The van der Waals surface area contributed by atoms with Crippen LogP contribution in [0.2, 0.25) is 0 Å². The van der Waals surface area contributed by atoms with Gasteiger partial charge in [-0.15, -0.1) is 0 Å². The molecule has 0 saturated heterocycles. The van der Waals surface area contributed by atoms with E-state index in [4.69, 9.17) is 9.84 Å². The number of carboxylic acid groups (broad SMARTS) is 1. The maximum Gasteiger partial charge on any atom is 0.306 e. The number of ether oxygens (including phenoxy) is 1. The second kappa shape index (κ2) is 7.81. The molecule has 23 heavy (non-hydrogen) atoms. The minimum absolute atomic E-state index is 0.0598. The van der Waals surface area contributed by atoms with Crippen molar-refractivity contribution < 1.29 is 19.4 Å². The zero-order chi connectivity index (χ0) is 17.0. The van der Waals surface area contributed by atoms with E-state index in [9.17, 15) is 9.59 Å². The monoisotopic (exact) mass is 383 g/mol.